The van der Waals surface area contributed by atoms with Gasteiger partial charge in [0, 0.05) is 6.61 Å². The van der Waals surface area contributed by atoms with Crippen molar-refractivity contribution in [1.29, 1.82) is 0 Å². The third kappa shape index (κ3) is 6.55. The molecule has 149 valence electrons. The van der Waals surface area contributed by atoms with Crippen molar-refractivity contribution in [3.05, 3.63) is 29.8 Å². The Balaban J connectivity index is 2.89. The van der Waals surface area contributed by atoms with Crippen molar-refractivity contribution >= 4 is 14.3 Å². The fraction of sp³-hybridized carbons (Fsp3) is 0.682. The maximum atomic E-state index is 12.3. The fourth-order valence-corrected chi connectivity index (χ4v) is 3.35. The number of rotatable bonds is 6. The zero-order valence-electron chi connectivity index (χ0n) is 18.4. The second-order valence-electron chi connectivity index (χ2n) is 10.6. The Morgan fingerprint density at radius 3 is 2.00 bits per heavy atom. The van der Waals surface area contributed by atoms with Crippen LogP contribution in [-0.4, -0.2) is 20.9 Å². The highest BCUT2D eigenvalue weighted by Gasteiger charge is 2.29. The molecule has 1 aromatic rings. The van der Waals surface area contributed by atoms with Gasteiger partial charge < -0.3 is 9.16 Å². The third-order valence-corrected chi connectivity index (χ3v) is 9.56. The molecule has 0 aromatic heterocycles. The Hall–Kier alpha value is -1.13. The zero-order chi connectivity index (χ0) is 20.4. The molecule has 0 aliphatic carbocycles. The monoisotopic (exact) mass is 378 g/mol. The summed E-state index contributed by atoms with van der Waals surface area (Å²) in [5, 5.41) is 0.198. The topological polar surface area (TPSA) is 35.5 Å². The molecule has 0 spiro atoms. The van der Waals surface area contributed by atoms with Crippen LogP contribution in [0.4, 0.5) is 0 Å². The number of carbonyl (C=O) groups excluding carboxylic acids is 1. The molecule has 3 nitrogen and oxygen atoms in total. The summed E-state index contributed by atoms with van der Waals surface area (Å²) in [6, 6.07) is 7.82. The summed E-state index contributed by atoms with van der Waals surface area (Å²) in [5.74, 6) is 0.452. The Bertz CT molecular complexity index is 619. The summed E-state index contributed by atoms with van der Waals surface area (Å²) in [5.41, 5.74) is 0.488. The Kier molecular flexibility index (Phi) is 6.92. The van der Waals surface area contributed by atoms with Gasteiger partial charge in [0.2, 0.25) is 0 Å². The Labute approximate surface area is 161 Å². The molecule has 0 heterocycles. The minimum Gasteiger partial charge on any atom is -0.564 e. The van der Waals surface area contributed by atoms with Crippen LogP contribution in [-0.2, 0) is 15.6 Å². The van der Waals surface area contributed by atoms with Gasteiger partial charge in [0.25, 0.3) is 0 Å². The first-order chi connectivity index (χ1) is 11.6. The minimum absolute atomic E-state index is 0.0419. The zero-order valence-corrected chi connectivity index (χ0v) is 19.4. The van der Waals surface area contributed by atoms with E-state index in [1.807, 2.05) is 45.0 Å². The second-order valence-corrected chi connectivity index (χ2v) is 15.4. The van der Waals surface area contributed by atoms with E-state index in [1.54, 1.807) is 0 Å². The SMILES string of the molecule is CC(C)(CO[Si-](C)(C)C(C)(C)C)Cc1ccccc1OC(=O)C(C)(C)C. The van der Waals surface area contributed by atoms with Crippen LogP contribution in [0, 0.1) is 10.8 Å². The summed E-state index contributed by atoms with van der Waals surface area (Å²) in [6.07, 6.45) is 0.801. The molecule has 26 heavy (non-hydrogen) atoms. The maximum absolute atomic E-state index is 12.3. The van der Waals surface area contributed by atoms with Gasteiger partial charge in [-0.1, -0.05) is 52.8 Å². The van der Waals surface area contributed by atoms with Crippen LogP contribution in [0.3, 0.4) is 0 Å². The van der Waals surface area contributed by atoms with E-state index in [4.69, 9.17) is 9.16 Å². The van der Waals surface area contributed by atoms with Crippen LogP contribution < -0.4 is 4.74 Å². The van der Waals surface area contributed by atoms with Gasteiger partial charge in [-0.3, -0.25) is 4.79 Å². The molecular formula is C22H38O3Si-. The van der Waals surface area contributed by atoms with Crippen LogP contribution in [0.5, 0.6) is 5.75 Å². The average Bonchev–Trinajstić information content (AvgIpc) is 2.45. The molecule has 0 bridgehead atoms. The molecule has 0 amide bonds. The largest absolute Gasteiger partial charge is 0.564 e. The fourth-order valence-electron chi connectivity index (χ4n) is 2.16. The highest BCUT2D eigenvalue weighted by atomic mass is 28.4. The summed E-state index contributed by atoms with van der Waals surface area (Å²) >= 11 is 0. The lowest BCUT2D eigenvalue weighted by molar-refractivity contribution is -0.143. The predicted molar refractivity (Wildman–Crippen MR) is 112 cm³/mol. The molecule has 0 radical (unpaired) electrons. The maximum Gasteiger partial charge on any atom is 0.316 e. The molecule has 0 unspecified atom stereocenters. The smallest absolute Gasteiger partial charge is 0.316 e. The van der Waals surface area contributed by atoms with Crippen molar-refractivity contribution in [2.45, 2.75) is 79.9 Å². The van der Waals surface area contributed by atoms with E-state index in [0.717, 1.165) is 12.0 Å². The summed E-state index contributed by atoms with van der Waals surface area (Å²) in [6.45, 7) is 22.1. The Morgan fingerprint density at radius 1 is 0.962 bits per heavy atom. The van der Waals surface area contributed by atoms with E-state index >= 15 is 0 Å². The lowest BCUT2D eigenvalue weighted by Gasteiger charge is -2.50. The molecule has 1 rings (SSSR count). The van der Waals surface area contributed by atoms with Crippen LogP contribution in [0.2, 0.25) is 18.1 Å². The van der Waals surface area contributed by atoms with Gasteiger partial charge >= 0.3 is 5.97 Å². The third-order valence-electron chi connectivity index (χ3n) is 5.09. The number of carbonyl (C=O) groups is 1. The van der Waals surface area contributed by atoms with E-state index in [-0.39, 0.29) is 16.4 Å². The second kappa shape index (κ2) is 7.85. The number of esters is 1. The summed E-state index contributed by atoms with van der Waals surface area (Å²) in [4.78, 5) is 12.3. The van der Waals surface area contributed by atoms with Gasteiger partial charge in [0.1, 0.15) is 5.75 Å². The van der Waals surface area contributed by atoms with Crippen molar-refractivity contribution in [3.8, 4) is 5.75 Å². The minimum atomic E-state index is -1.78. The number of para-hydroxylation sites is 1. The number of benzene rings is 1. The molecule has 0 saturated heterocycles. The van der Waals surface area contributed by atoms with Crippen molar-refractivity contribution in [3.63, 3.8) is 0 Å². The number of hydrogen-bond donors (Lipinski definition) is 0. The van der Waals surface area contributed by atoms with E-state index in [2.05, 4.69) is 47.7 Å². The molecular weight excluding hydrogens is 340 g/mol. The van der Waals surface area contributed by atoms with Crippen molar-refractivity contribution < 1.29 is 14.0 Å². The van der Waals surface area contributed by atoms with Gasteiger partial charge in [0.05, 0.1) is 5.41 Å². The van der Waals surface area contributed by atoms with Crippen molar-refractivity contribution in [2.24, 2.45) is 10.8 Å². The lowest BCUT2D eigenvalue weighted by atomic mass is 9.86. The quantitative estimate of drug-likeness (QED) is 0.334. The standard InChI is InChI=1S/C22H38O3Si/c1-20(2,3)19(23)25-18-14-12-11-13-17(18)15-22(7,8)16-24-26(9,10)21(4,5)6/h11-14H,15-16H2,1-10H3/q-1. The van der Waals surface area contributed by atoms with Gasteiger partial charge in [-0.25, -0.2) is 0 Å². The molecule has 0 atom stereocenters. The highest BCUT2D eigenvalue weighted by molar-refractivity contribution is 6.74. The molecule has 0 N–H and O–H groups in total. The van der Waals surface area contributed by atoms with Crippen LogP contribution in [0.1, 0.15) is 61.0 Å². The van der Waals surface area contributed by atoms with Gasteiger partial charge in [-0.15, -0.1) is 18.1 Å². The number of hydrogen-bond acceptors (Lipinski definition) is 3. The normalized spacial score (nSPS) is 13.6. The van der Waals surface area contributed by atoms with Crippen LogP contribution >= 0.6 is 0 Å². The molecule has 0 aliphatic heterocycles. The van der Waals surface area contributed by atoms with E-state index in [0.29, 0.717) is 12.4 Å². The molecule has 4 heteroatoms. The van der Waals surface area contributed by atoms with Gasteiger partial charge in [-0.05, 0) is 52.6 Å². The molecule has 0 saturated carbocycles. The molecule has 0 aliphatic rings. The highest BCUT2D eigenvalue weighted by Crippen LogP contribution is 2.38. The van der Waals surface area contributed by atoms with Gasteiger partial charge in [-0.2, -0.15) is 0 Å². The van der Waals surface area contributed by atoms with E-state index < -0.39 is 13.7 Å². The Morgan fingerprint density at radius 2 is 1.50 bits per heavy atom. The first-order valence-corrected chi connectivity index (χ1v) is 12.4. The van der Waals surface area contributed by atoms with Crippen molar-refractivity contribution in [1.82, 2.24) is 0 Å². The predicted octanol–water partition coefficient (Wildman–Crippen LogP) is 6.23. The summed E-state index contributed by atoms with van der Waals surface area (Å²) < 4.78 is 12.1. The molecule has 0 fully saturated rings. The first kappa shape index (κ1) is 22.9. The van der Waals surface area contributed by atoms with Crippen LogP contribution in [0.15, 0.2) is 24.3 Å². The van der Waals surface area contributed by atoms with Crippen molar-refractivity contribution in [2.75, 3.05) is 6.61 Å². The lowest BCUT2D eigenvalue weighted by Crippen LogP contribution is -2.43. The average molecular weight is 379 g/mol. The first-order valence-electron chi connectivity index (χ1n) is 9.49. The molecule has 1 aromatic carbocycles. The van der Waals surface area contributed by atoms with Crippen LogP contribution in [0.25, 0.3) is 0 Å². The van der Waals surface area contributed by atoms with Gasteiger partial charge in [0.15, 0.2) is 0 Å². The van der Waals surface area contributed by atoms with E-state index in [9.17, 15) is 4.79 Å². The van der Waals surface area contributed by atoms with E-state index in [1.165, 1.54) is 0 Å². The number of ether oxygens (including phenoxy) is 1. The summed E-state index contributed by atoms with van der Waals surface area (Å²) in [7, 11) is -1.78.